The SMILES string of the molecule is COC(=O)C=Cc1cc(F)c(F)c(F)c1. The van der Waals surface area contributed by atoms with Gasteiger partial charge in [0.05, 0.1) is 7.11 Å². The molecule has 0 bridgehead atoms. The van der Waals surface area contributed by atoms with E-state index < -0.39 is 23.4 Å². The van der Waals surface area contributed by atoms with E-state index in [1.807, 2.05) is 0 Å². The van der Waals surface area contributed by atoms with E-state index in [1.165, 1.54) is 7.11 Å². The van der Waals surface area contributed by atoms with E-state index in [0.717, 1.165) is 24.3 Å². The fourth-order valence-corrected chi connectivity index (χ4v) is 0.904. The van der Waals surface area contributed by atoms with E-state index in [4.69, 9.17) is 0 Å². The molecule has 0 amide bonds. The van der Waals surface area contributed by atoms with Crippen LogP contribution in [-0.4, -0.2) is 13.1 Å². The van der Waals surface area contributed by atoms with Crippen LogP contribution in [0.1, 0.15) is 5.56 Å². The summed E-state index contributed by atoms with van der Waals surface area (Å²) in [7, 11) is 1.17. The van der Waals surface area contributed by atoms with Gasteiger partial charge in [0.1, 0.15) is 0 Å². The summed E-state index contributed by atoms with van der Waals surface area (Å²) in [4.78, 5) is 10.7. The predicted octanol–water partition coefficient (Wildman–Crippen LogP) is 2.29. The molecule has 0 heterocycles. The van der Waals surface area contributed by atoms with Crippen LogP contribution in [0.5, 0.6) is 0 Å². The molecule has 0 atom stereocenters. The minimum atomic E-state index is -1.54. The molecule has 0 aliphatic heterocycles. The third kappa shape index (κ3) is 2.83. The minimum absolute atomic E-state index is 0.0387. The molecule has 0 unspecified atom stereocenters. The highest BCUT2D eigenvalue weighted by Crippen LogP contribution is 2.14. The number of ether oxygens (including phenoxy) is 1. The first kappa shape index (κ1) is 11.3. The first-order valence-corrected chi connectivity index (χ1v) is 3.95. The van der Waals surface area contributed by atoms with Crippen molar-refractivity contribution >= 4 is 12.0 Å². The van der Waals surface area contributed by atoms with Crippen molar-refractivity contribution in [2.24, 2.45) is 0 Å². The van der Waals surface area contributed by atoms with Gasteiger partial charge >= 0.3 is 5.97 Å². The summed E-state index contributed by atoms with van der Waals surface area (Å²) >= 11 is 0. The molecule has 0 fully saturated rings. The molecular weight excluding hydrogens is 209 g/mol. The lowest BCUT2D eigenvalue weighted by molar-refractivity contribution is -0.134. The van der Waals surface area contributed by atoms with E-state index in [0.29, 0.717) is 0 Å². The smallest absolute Gasteiger partial charge is 0.330 e. The van der Waals surface area contributed by atoms with Crippen LogP contribution in [0.25, 0.3) is 6.08 Å². The van der Waals surface area contributed by atoms with Crippen LogP contribution < -0.4 is 0 Å². The minimum Gasteiger partial charge on any atom is -0.466 e. The molecule has 0 aliphatic carbocycles. The number of esters is 1. The second kappa shape index (κ2) is 4.63. The summed E-state index contributed by atoms with van der Waals surface area (Å²) in [5, 5.41) is 0. The Hall–Kier alpha value is -1.78. The van der Waals surface area contributed by atoms with E-state index in [2.05, 4.69) is 4.74 Å². The molecule has 80 valence electrons. The van der Waals surface area contributed by atoms with Crippen molar-refractivity contribution in [3.63, 3.8) is 0 Å². The fourth-order valence-electron chi connectivity index (χ4n) is 0.904. The van der Waals surface area contributed by atoms with Gasteiger partial charge in [-0.3, -0.25) is 0 Å². The number of hydrogen-bond acceptors (Lipinski definition) is 2. The molecule has 1 aromatic carbocycles. The van der Waals surface area contributed by atoms with E-state index in [9.17, 15) is 18.0 Å². The van der Waals surface area contributed by atoms with Crippen molar-refractivity contribution in [1.82, 2.24) is 0 Å². The number of methoxy groups -OCH3 is 1. The van der Waals surface area contributed by atoms with Crippen LogP contribution >= 0.6 is 0 Å². The van der Waals surface area contributed by atoms with Gasteiger partial charge in [-0.1, -0.05) is 0 Å². The van der Waals surface area contributed by atoms with Gasteiger partial charge in [-0.2, -0.15) is 0 Å². The van der Waals surface area contributed by atoms with Crippen molar-refractivity contribution in [2.75, 3.05) is 7.11 Å². The van der Waals surface area contributed by atoms with Gasteiger partial charge in [0.25, 0.3) is 0 Å². The van der Waals surface area contributed by atoms with E-state index in [1.54, 1.807) is 0 Å². The highest BCUT2D eigenvalue weighted by molar-refractivity contribution is 5.86. The predicted molar refractivity (Wildman–Crippen MR) is 47.4 cm³/mol. The average Bonchev–Trinajstić information content (AvgIpc) is 2.22. The molecule has 15 heavy (non-hydrogen) atoms. The second-order valence-electron chi connectivity index (χ2n) is 2.66. The average molecular weight is 216 g/mol. The van der Waals surface area contributed by atoms with Gasteiger partial charge in [-0.25, -0.2) is 18.0 Å². The number of carbonyl (C=O) groups is 1. The summed E-state index contributed by atoms with van der Waals surface area (Å²) in [6.45, 7) is 0. The maximum Gasteiger partial charge on any atom is 0.330 e. The van der Waals surface area contributed by atoms with Crippen LogP contribution in [0.3, 0.4) is 0 Å². The molecule has 0 aliphatic rings. The Labute approximate surface area is 84.0 Å². The van der Waals surface area contributed by atoms with Crippen LogP contribution in [0.4, 0.5) is 13.2 Å². The molecule has 0 saturated carbocycles. The third-order valence-corrected chi connectivity index (χ3v) is 1.62. The fraction of sp³-hybridized carbons (Fsp3) is 0.100. The molecule has 1 aromatic rings. The largest absolute Gasteiger partial charge is 0.466 e. The Morgan fingerprint density at radius 3 is 2.27 bits per heavy atom. The third-order valence-electron chi connectivity index (χ3n) is 1.62. The molecule has 0 spiro atoms. The van der Waals surface area contributed by atoms with E-state index in [-0.39, 0.29) is 5.56 Å². The Balaban J connectivity index is 2.97. The monoisotopic (exact) mass is 216 g/mol. The Kier molecular flexibility index (Phi) is 3.49. The summed E-state index contributed by atoms with van der Waals surface area (Å²) in [6.07, 6.45) is 2.10. The van der Waals surface area contributed by atoms with Crippen molar-refractivity contribution in [2.45, 2.75) is 0 Å². The topological polar surface area (TPSA) is 26.3 Å². The molecule has 0 aromatic heterocycles. The molecular formula is C10H7F3O2. The van der Waals surface area contributed by atoms with Gasteiger partial charge in [-0.05, 0) is 23.8 Å². The normalized spacial score (nSPS) is 10.7. The molecule has 1 rings (SSSR count). The second-order valence-corrected chi connectivity index (χ2v) is 2.66. The number of halogens is 3. The van der Waals surface area contributed by atoms with Gasteiger partial charge in [0.2, 0.25) is 0 Å². The number of benzene rings is 1. The zero-order valence-corrected chi connectivity index (χ0v) is 7.76. The standard InChI is InChI=1S/C10H7F3O2/c1-15-9(14)3-2-6-4-7(11)10(13)8(12)5-6/h2-5H,1H3. The van der Waals surface area contributed by atoms with Gasteiger partial charge in [-0.15, -0.1) is 0 Å². The van der Waals surface area contributed by atoms with Gasteiger partial charge in [0.15, 0.2) is 17.5 Å². The van der Waals surface area contributed by atoms with Crippen molar-refractivity contribution in [3.8, 4) is 0 Å². The maximum atomic E-state index is 12.7. The van der Waals surface area contributed by atoms with Crippen LogP contribution in [-0.2, 0) is 9.53 Å². The highest BCUT2D eigenvalue weighted by Gasteiger charge is 2.09. The molecule has 0 saturated heterocycles. The van der Waals surface area contributed by atoms with Gasteiger partial charge in [0, 0.05) is 6.08 Å². The zero-order valence-electron chi connectivity index (χ0n) is 7.76. The lowest BCUT2D eigenvalue weighted by atomic mass is 10.2. The van der Waals surface area contributed by atoms with Crippen LogP contribution in [0, 0.1) is 17.5 Å². The van der Waals surface area contributed by atoms with Crippen LogP contribution in [0.15, 0.2) is 18.2 Å². The van der Waals surface area contributed by atoms with Crippen molar-refractivity contribution in [3.05, 3.63) is 41.2 Å². The summed E-state index contributed by atoms with van der Waals surface area (Å²) in [5.74, 6) is -4.82. The summed E-state index contributed by atoms with van der Waals surface area (Å²) in [5.41, 5.74) is 0.0387. The lowest BCUT2D eigenvalue weighted by Gasteiger charge is -1.97. The van der Waals surface area contributed by atoms with Gasteiger partial charge < -0.3 is 4.74 Å². The van der Waals surface area contributed by atoms with Crippen molar-refractivity contribution < 1.29 is 22.7 Å². The highest BCUT2D eigenvalue weighted by atomic mass is 19.2. The molecule has 0 N–H and O–H groups in total. The number of rotatable bonds is 2. The van der Waals surface area contributed by atoms with E-state index >= 15 is 0 Å². The molecule has 5 heteroatoms. The Morgan fingerprint density at radius 1 is 1.27 bits per heavy atom. The Bertz CT molecular complexity index is 390. The lowest BCUT2D eigenvalue weighted by Crippen LogP contribution is -1.94. The molecule has 2 nitrogen and oxygen atoms in total. The van der Waals surface area contributed by atoms with Crippen molar-refractivity contribution in [1.29, 1.82) is 0 Å². The first-order chi connectivity index (χ1) is 7.04. The summed E-state index contributed by atoms with van der Waals surface area (Å²) in [6, 6.07) is 1.55. The zero-order chi connectivity index (χ0) is 11.4. The number of hydrogen-bond donors (Lipinski definition) is 0. The number of carbonyl (C=O) groups excluding carboxylic acids is 1. The van der Waals surface area contributed by atoms with Crippen LogP contribution in [0.2, 0.25) is 0 Å². The quantitative estimate of drug-likeness (QED) is 0.430. The maximum absolute atomic E-state index is 12.7. The Morgan fingerprint density at radius 2 is 1.80 bits per heavy atom. The first-order valence-electron chi connectivity index (χ1n) is 3.95. The molecule has 0 radical (unpaired) electrons. The summed E-state index contributed by atoms with van der Waals surface area (Å²) < 4.78 is 42.1.